The number of hydrogen-bond donors (Lipinski definition) is 1. The molecule has 0 rings (SSSR count). The Balaban J connectivity index is 3.37. The van der Waals surface area contributed by atoms with Crippen LogP contribution in [-0.4, -0.2) is 24.4 Å². The third kappa shape index (κ3) is 2.87. The minimum absolute atomic E-state index is 0.0447. The van der Waals surface area contributed by atoms with E-state index in [-0.39, 0.29) is 6.61 Å². The summed E-state index contributed by atoms with van der Waals surface area (Å²) in [7, 11) is 0. The Labute approximate surface area is 46.1 Å². The number of rotatable bonds is 3. The number of halogens is 2. The second-order valence-corrected chi connectivity index (χ2v) is 1.26. The number of ether oxygens (including phenoxy) is 1. The first-order valence-corrected chi connectivity index (χ1v) is 2.23. The van der Waals surface area contributed by atoms with E-state index in [1.165, 1.54) is 6.92 Å². The van der Waals surface area contributed by atoms with Gasteiger partial charge in [0.25, 0.3) is 0 Å². The van der Waals surface area contributed by atoms with Crippen molar-refractivity contribution in [2.45, 2.75) is 13.0 Å². The summed E-state index contributed by atoms with van der Waals surface area (Å²) in [6.07, 6.45) is 0. The van der Waals surface area contributed by atoms with Gasteiger partial charge in [0, 0.05) is 6.61 Å². The molecule has 1 N–H and O–H groups in total. The zero-order chi connectivity index (χ0) is 6.62. The molecule has 0 amide bonds. The minimum atomic E-state index is -3.07. The largest absolute Gasteiger partial charge is 0.347 e. The van der Waals surface area contributed by atoms with Crippen LogP contribution in [0.25, 0.3) is 0 Å². The SMILES string of the molecule is CCOC(O)(F)CF. The second kappa shape index (κ2) is 2.94. The molecule has 8 heavy (non-hydrogen) atoms. The van der Waals surface area contributed by atoms with Crippen LogP contribution < -0.4 is 0 Å². The molecule has 50 valence electrons. The normalized spacial score (nSPS) is 18.0. The van der Waals surface area contributed by atoms with Gasteiger partial charge in [0.05, 0.1) is 0 Å². The van der Waals surface area contributed by atoms with Gasteiger partial charge in [-0.05, 0) is 6.92 Å². The van der Waals surface area contributed by atoms with Crippen LogP contribution in [0.5, 0.6) is 0 Å². The Bertz CT molecular complexity index is 65.1. The Kier molecular flexibility index (Phi) is 2.86. The summed E-state index contributed by atoms with van der Waals surface area (Å²) in [6.45, 7) is -0.113. The molecule has 0 aromatic heterocycles. The summed E-state index contributed by atoms with van der Waals surface area (Å²) in [5.74, 6) is 0. The van der Waals surface area contributed by atoms with Crippen molar-refractivity contribution in [2.75, 3.05) is 13.3 Å². The first kappa shape index (κ1) is 7.78. The summed E-state index contributed by atoms with van der Waals surface area (Å²) in [6, 6.07) is -3.07. The molecule has 0 heterocycles. The van der Waals surface area contributed by atoms with Crippen molar-refractivity contribution in [1.29, 1.82) is 0 Å². The molecule has 0 aliphatic carbocycles. The Morgan fingerprint density at radius 2 is 2.25 bits per heavy atom. The fourth-order valence-corrected chi connectivity index (χ4v) is 0.260. The first-order valence-electron chi connectivity index (χ1n) is 2.23. The average Bonchev–Trinajstić information content (AvgIpc) is 1.67. The first-order chi connectivity index (χ1) is 3.62. The highest BCUT2D eigenvalue weighted by atomic mass is 19.2. The molecule has 0 radical (unpaired) electrons. The molecule has 0 bridgehead atoms. The fourth-order valence-electron chi connectivity index (χ4n) is 0.260. The number of alkyl halides is 2. The van der Waals surface area contributed by atoms with Gasteiger partial charge in [-0.25, -0.2) is 4.39 Å². The van der Waals surface area contributed by atoms with Crippen molar-refractivity contribution in [3.8, 4) is 0 Å². The summed E-state index contributed by atoms with van der Waals surface area (Å²) < 4.78 is 26.9. The molecule has 0 saturated heterocycles. The zero-order valence-electron chi connectivity index (χ0n) is 4.53. The molecule has 0 aliphatic heterocycles. The van der Waals surface area contributed by atoms with Gasteiger partial charge >= 0.3 is 6.04 Å². The molecular weight excluding hydrogens is 118 g/mol. The van der Waals surface area contributed by atoms with E-state index in [0.29, 0.717) is 0 Å². The molecule has 0 saturated carbocycles. The van der Waals surface area contributed by atoms with E-state index in [9.17, 15) is 8.78 Å². The van der Waals surface area contributed by atoms with Gasteiger partial charge in [0.15, 0.2) is 6.67 Å². The molecule has 1 atom stereocenters. The highest BCUT2D eigenvalue weighted by Gasteiger charge is 2.25. The third-order valence-corrected chi connectivity index (χ3v) is 0.530. The molecule has 2 nitrogen and oxygen atoms in total. The van der Waals surface area contributed by atoms with Crippen LogP contribution in [0.1, 0.15) is 6.92 Å². The molecule has 4 heteroatoms. The number of hydrogen-bond acceptors (Lipinski definition) is 2. The predicted molar refractivity (Wildman–Crippen MR) is 23.7 cm³/mol. The molecule has 1 unspecified atom stereocenters. The van der Waals surface area contributed by atoms with Gasteiger partial charge in [-0.1, -0.05) is 0 Å². The minimum Gasteiger partial charge on any atom is -0.338 e. The van der Waals surface area contributed by atoms with E-state index in [2.05, 4.69) is 4.74 Å². The zero-order valence-corrected chi connectivity index (χ0v) is 4.53. The fraction of sp³-hybridized carbons (Fsp3) is 1.00. The van der Waals surface area contributed by atoms with Crippen LogP contribution in [0.2, 0.25) is 0 Å². The van der Waals surface area contributed by atoms with Gasteiger partial charge in [-0.3, -0.25) is 0 Å². The maximum Gasteiger partial charge on any atom is 0.347 e. The topological polar surface area (TPSA) is 29.5 Å². The molecule has 0 aromatic carbocycles. The van der Waals surface area contributed by atoms with Gasteiger partial charge in [0.1, 0.15) is 0 Å². The van der Waals surface area contributed by atoms with E-state index in [0.717, 1.165) is 0 Å². The van der Waals surface area contributed by atoms with Crippen molar-refractivity contribution in [1.82, 2.24) is 0 Å². The summed E-state index contributed by atoms with van der Waals surface area (Å²) in [4.78, 5) is 0. The lowest BCUT2D eigenvalue weighted by Crippen LogP contribution is -2.28. The van der Waals surface area contributed by atoms with E-state index in [4.69, 9.17) is 5.11 Å². The van der Waals surface area contributed by atoms with E-state index < -0.39 is 12.7 Å². The quantitative estimate of drug-likeness (QED) is 0.561. The van der Waals surface area contributed by atoms with Gasteiger partial charge < -0.3 is 9.84 Å². The van der Waals surface area contributed by atoms with Crippen molar-refractivity contribution in [3.63, 3.8) is 0 Å². The molecule has 0 aromatic rings. The third-order valence-electron chi connectivity index (χ3n) is 0.530. The maximum atomic E-state index is 11.8. The van der Waals surface area contributed by atoms with Gasteiger partial charge in [-0.2, -0.15) is 4.39 Å². The van der Waals surface area contributed by atoms with E-state index in [1.807, 2.05) is 0 Å². The second-order valence-electron chi connectivity index (χ2n) is 1.26. The van der Waals surface area contributed by atoms with Gasteiger partial charge in [0.2, 0.25) is 0 Å². The summed E-state index contributed by atoms with van der Waals surface area (Å²) in [5, 5.41) is 8.06. The molecular formula is C4H8F2O2. The average molecular weight is 126 g/mol. The highest BCUT2D eigenvalue weighted by molar-refractivity contribution is 4.44. The standard InChI is InChI=1S/C4H8F2O2/c1-2-8-4(6,7)3-5/h7H,2-3H2,1H3. The smallest absolute Gasteiger partial charge is 0.338 e. The highest BCUT2D eigenvalue weighted by Crippen LogP contribution is 2.07. The van der Waals surface area contributed by atoms with Crippen molar-refractivity contribution >= 4 is 0 Å². The lowest BCUT2D eigenvalue weighted by Gasteiger charge is -2.12. The van der Waals surface area contributed by atoms with Crippen LogP contribution >= 0.6 is 0 Å². The van der Waals surface area contributed by atoms with Gasteiger partial charge in [-0.15, -0.1) is 0 Å². The van der Waals surface area contributed by atoms with Crippen LogP contribution in [0.4, 0.5) is 8.78 Å². The van der Waals surface area contributed by atoms with E-state index in [1.54, 1.807) is 0 Å². The van der Waals surface area contributed by atoms with E-state index >= 15 is 0 Å². The van der Waals surface area contributed by atoms with Crippen LogP contribution in [0.15, 0.2) is 0 Å². The van der Waals surface area contributed by atoms with Crippen LogP contribution in [0.3, 0.4) is 0 Å². The Morgan fingerprint density at radius 3 is 2.38 bits per heavy atom. The number of aliphatic hydroxyl groups is 1. The summed E-state index contributed by atoms with van der Waals surface area (Å²) >= 11 is 0. The molecule has 0 fully saturated rings. The molecule has 0 spiro atoms. The van der Waals surface area contributed by atoms with Crippen LogP contribution in [0, 0.1) is 0 Å². The van der Waals surface area contributed by atoms with Crippen LogP contribution in [-0.2, 0) is 4.74 Å². The lowest BCUT2D eigenvalue weighted by atomic mass is 10.6. The lowest BCUT2D eigenvalue weighted by molar-refractivity contribution is -0.294. The summed E-state index contributed by atoms with van der Waals surface area (Å²) in [5.41, 5.74) is 0. The molecule has 0 aliphatic rings. The van der Waals surface area contributed by atoms with Crippen molar-refractivity contribution in [3.05, 3.63) is 0 Å². The van der Waals surface area contributed by atoms with Crippen molar-refractivity contribution in [2.24, 2.45) is 0 Å². The Morgan fingerprint density at radius 1 is 1.75 bits per heavy atom. The maximum absolute atomic E-state index is 11.8. The monoisotopic (exact) mass is 126 g/mol. The predicted octanol–water partition coefficient (Wildman–Crippen LogP) is 0.608. The van der Waals surface area contributed by atoms with Crippen molar-refractivity contribution < 1.29 is 18.6 Å². The Hall–Kier alpha value is -0.220.